The minimum atomic E-state index is -0.380. The van der Waals surface area contributed by atoms with Gasteiger partial charge in [-0.25, -0.2) is 0 Å². The van der Waals surface area contributed by atoms with Gasteiger partial charge in [0.05, 0.1) is 11.4 Å². The van der Waals surface area contributed by atoms with Crippen LogP contribution in [0, 0.1) is 0 Å². The number of amides is 1. The van der Waals surface area contributed by atoms with Gasteiger partial charge in [0.15, 0.2) is 0 Å². The van der Waals surface area contributed by atoms with E-state index in [9.17, 15) is 4.79 Å². The first-order valence-electron chi connectivity index (χ1n) is 7.20. The SMILES string of the molecule is NC(=O)c1cccc(CN2CCCNc3ccccc32)c1. The molecule has 0 aliphatic carbocycles. The Hall–Kier alpha value is -2.49. The van der Waals surface area contributed by atoms with Crippen molar-refractivity contribution in [3.05, 3.63) is 59.7 Å². The molecule has 0 spiro atoms. The Bertz CT molecular complexity index is 654. The van der Waals surface area contributed by atoms with E-state index >= 15 is 0 Å². The summed E-state index contributed by atoms with van der Waals surface area (Å²) < 4.78 is 0. The van der Waals surface area contributed by atoms with E-state index in [0.29, 0.717) is 5.56 Å². The fourth-order valence-corrected chi connectivity index (χ4v) is 2.72. The Morgan fingerprint density at radius 2 is 2.05 bits per heavy atom. The fourth-order valence-electron chi connectivity index (χ4n) is 2.72. The monoisotopic (exact) mass is 281 g/mol. The molecular formula is C17H19N3O. The standard InChI is InChI=1S/C17H19N3O/c18-17(21)14-6-3-5-13(11-14)12-20-10-4-9-19-15-7-1-2-8-16(15)20/h1-3,5-8,11,19H,4,9-10,12H2,(H2,18,21). The second-order valence-electron chi connectivity index (χ2n) is 5.28. The first-order valence-corrected chi connectivity index (χ1v) is 7.20. The van der Waals surface area contributed by atoms with Gasteiger partial charge in [-0.2, -0.15) is 0 Å². The Morgan fingerprint density at radius 3 is 2.90 bits per heavy atom. The van der Waals surface area contributed by atoms with Gasteiger partial charge in [-0.15, -0.1) is 0 Å². The van der Waals surface area contributed by atoms with Crippen molar-refractivity contribution in [1.29, 1.82) is 0 Å². The maximum atomic E-state index is 11.3. The van der Waals surface area contributed by atoms with E-state index in [1.165, 1.54) is 11.4 Å². The van der Waals surface area contributed by atoms with Crippen molar-refractivity contribution in [2.45, 2.75) is 13.0 Å². The van der Waals surface area contributed by atoms with Crippen LogP contribution in [0.1, 0.15) is 22.3 Å². The Kier molecular flexibility index (Phi) is 3.77. The summed E-state index contributed by atoms with van der Waals surface area (Å²) in [5, 5.41) is 3.45. The third-order valence-electron chi connectivity index (χ3n) is 3.75. The topological polar surface area (TPSA) is 58.4 Å². The molecule has 1 heterocycles. The molecule has 2 aromatic carbocycles. The average Bonchev–Trinajstić information content (AvgIpc) is 2.70. The predicted molar refractivity (Wildman–Crippen MR) is 85.6 cm³/mol. The van der Waals surface area contributed by atoms with Gasteiger partial charge in [-0.05, 0) is 36.2 Å². The molecule has 0 atom stereocenters. The van der Waals surface area contributed by atoms with Crippen LogP contribution in [-0.2, 0) is 6.54 Å². The highest BCUT2D eigenvalue weighted by Crippen LogP contribution is 2.29. The molecule has 3 rings (SSSR count). The smallest absolute Gasteiger partial charge is 0.248 e. The number of rotatable bonds is 3. The zero-order valence-corrected chi connectivity index (χ0v) is 11.9. The minimum absolute atomic E-state index is 0.380. The van der Waals surface area contributed by atoms with Crippen LogP contribution in [-0.4, -0.2) is 19.0 Å². The quantitative estimate of drug-likeness (QED) is 0.909. The maximum Gasteiger partial charge on any atom is 0.248 e. The molecule has 0 saturated heterocycles. The number of hydrogen-bond acceptors (Lipinski definition) is 3. The summed E-state index contributed by atoms with van der Waals surface area (Å²) in [4.78, 5) is 13.6. The van der Waals surface area contributed by atoms with Crippen LogP contribution >= 0.6 is 0 Å². The number of nitrogens with one attached hydrogen (secondary N) is 1. The van der Waals surface area contributed by atoms with E-state index in [1.54, 1.807) is 6.07 Å². The first-order chi connectivity index (χ1) is 10.2. The molecule has 3 N–H and O–H groups in total. The third kappa shape index (κ3) is 2.99. The molecule has 0 fully saturated rings. The number of benzene rings is 2. The molecule has 21 heavy (non-hydrogen) atoms. The number of primary amides is 1. The molecule has 4 heteroatoms. The van der Waals surface area contributed by atoms with Gasteiger partial charge in [0.1, 0.15) is 0 Å². The minimum Gasteiger partial charge on any atom is -0.383 e. The molecule has 1 aliphatic heterocycles. The Balaban J connectivity index is 1.87. The molecule has 0 aromatic heterocycles. The normalized spacial score (nSPS) is 14.0. The number of nitrogens with zero attached hydrogens (tertiary/aromatic N) is 1. The summed E-state index contributed by atoms with van der Waals surface area (Å²) in [6.07, 6.45) is 1.09. The lowest BCUT2D eigenvalue weighted by Crippen LogP contribution is -2.23. The molecule has 0 radical (unpaired) electrons. The summed E-state index contributed by atoms with van der Waals surface area (Å²) in [5.74, 6) is -0.380. The summed E-state index contributed by atoms with van der Waals surface area (Å²) >= 11 is 0. The molecule has 0 bridgehead atoms. The molecule has 2 aromatic rings. The lowest BCUT2D eigenvalue weighted by atomic mass is 10.1. The van der Waals surface area contributed by atoms with Crippen LogP contribution in [0.15, 0.2) is 48.5 Å². The molecule has 1 amide bonds. The first kappa shape index (κ1) is 13.5. The Labute approximate surface area is 124 Å². The van der Waals surface area contributed by atoms with Gasteiger partial charge >= 0.3 is 0 Å². The van der Waals surface area contributed by atoms with Gasteiger partial charge in [0.2, 0.25) is 5.91 Å². The van der Waals surface area contributed by atoms with Gasteiger partial charge in [0, 0.05) is 25.2 Å². The number of carbonyl (C=O) groups excluding carboxylic acids is 1. The summed E-state index contributed by atoms with van der Waals surface area (Å²) in [6, 6.07) is 15.9. The van der Waals surface area contributed by atoms with E-state index in [2.05, 4.69) is 28.4 Å². The van der Waals surface area contributed by atoms with Crippen molar-refractivity contribution in [2.75, 3.05) is 23.3 Å². The molecule has 108 valence electrons. The average molecular weight is 281 g/mol. The van der Waals surface area contributed by atoms with Crippen LogP contribution in [0.4, 0.5) is 11.4 Å². The molecule has 0 unspecified atom stereocenters. The second kappa shape index (κ2) is 5.87. The number of fused-ring (bicyclic) bond motifs is 1. The maximum absolute atomic E-state index is 11.3. The summed E-state index contributed by atoms with van der Waals surface area (Å²) in [6.45, 7) is 2.75. The van der Waals surface area contributed by atoms with Crippen LogP contribution in [0.2, 0.25) is 0 Å². The summed E-state index contributed by atoms with van der Waals surface area (Å²) in [7, 11) is 0. The van der Waals surface area contributed by atoms with Crippen molar-refractivity contribution in [3.63, 3.8) is 0 Å². The number of carbonyl (C=O) groups is 1. The Morgan fingerprint density at radius 1 is 1.19 bits per heavy atom. The van der Waals surface area contributed by atoms with Crippen molar-refractivity contribution in [1.82, 2.24) is 0 Å². The van der Waals surface area contributed by atoms with Crippen molar-refractivity contribution < 1.29 is 4.79 Å². The molecule has 1 aliphatic rings. The van der Waals surface area contributed by atoms with E-state index in [0.717, 1.165) is 31.6 Å². The van der Waals surface area contributed by atoms with E-state index in [-0.39, 0.29) is 5.91 Å². The zero-order valence-electron chi connectivity index (χ0n) is 11.9. The molecular weight excluding hydrogens is 262 g/mol. The number of para-hydroxylation sites is 2. The van der Waals surface area contributed by atoms with Crippen LogP contribution in [0.25, 0.3) is 0 Å². The number of anilines is 2. The van der Waals surface area contributed by atoms with Gasteiger partial charge in [-0.3, -0.25) is 4.79 Å². The van der Waals surface area contributed by atoms with Gasteiger partial charge in [-0.1, -0.05) is 24.3 Å². The number of hydrogen-bond donors (Lipinski definition) is 2. The van der Waals surface area contributed by atoms with E-state index in [4.69, 9.17) is 5.73 Å². The third-order valence-corrected chi connectivity index (χ3v) is 3.75. The zero-order chi connectivity index (χ0) is 14.7. The highest BCUT2D eigenvalue weighted by atomic mass is 16.1. The van der Waals surface area contributed by atoms with Gasteiger partial charge in [0.25, 0.3) is 0 Å². The van der Waals surface area contributed by atoms with E-state index < -0.39 is 0 Å². The predicted octanol–water partition coefficient (Wildman–Crippen LogP) is 2.61. The van der Waals surface area contributed by atoms with Crippen LogP contribution in [0.3, 0.4) is 0 Å². The highest BCUT2D eigenvalue weighted by Gasteiger charge is 2.15. The van der Waals surface area contributed by atoms with Crippen LogP contribution < -0.4 is 16.0 Å². The lowest BCUT2D eigenvalue weighted by molar-refractivity contribution is 0.1000. The highest BCUT2D eigenvalue weighted by molar-refractivity contribution is 5.92. The fraction of sp³-hybridized carbons (Fsp3) is 0.235. The summed E-state index contributed by atoms with van der Waals surface area (Å²) in [5.41, 5.74) is 9.39. The van der Waals surface area contributed by atoms with E-state index in [1.807, 2.05) is 24.3 Å². The van der Waals surface area contributed by atoms with Crippen molar-refractivity contribution >= 4 is 17.3 Å². The second-order valence-corrected chi connectivity index (χ2v) is 5.28. The van der Waals surface area contributed by atoms with Crippen LogP contribution in [0.5, 0.6) is 0 Å². The van der Waals surface area contributed by atoms with Crippen molar-refractivity contribution in [3.8, 4) is 0 Å². The van der Waals surface area contributed by atoms with Gasteiger partial charge < -0.3 is 16.0 Å². The number of nitrogens with two attached hydrogens (primary N) is 1. The molecule has 4 nitrogen and oxygen atoms in total. The largest absolute Gasteiger partial charge is 0.383 e. The molecule has 0 saturated carbocycles. The van der Waals surface area contributed by atoms with Crippen molar-refractivity contribution in [2.24, 2.45) is 5.73 Å². The lowest BCUT2D eigenvalue weighted by Gasteiger charge is -2.24.